The maximum atomic E-state index is 2.28. The Labute approximate surface area is 205 Å². The van der Waals surface area contributed by atoms with Crippen LogP contribution in [0.3, 0.4) is 0 Å². The standard InChI is InChI=1S/C17H22.2C5H5.2Fe/c1-3-14-8-5-10-16(14)12-7-13-17-11-6-9-15(17)4-2;2*1-2-4-5-3-1;;/h5-6,8-11H,3-4,7,12-13H2,1-2H3;2*1-5H;;. The molecule has 0 saturated heterocycles. The molecule has 0 N–H and O–H groups in total. The molecule has 0 aromatic carbocycles. The van der Waals surface area contributed by atoms with Crippen LogP contribution in [0.25, 0.3) is 0 Å². The zero-order valence-electron chi connectivity index (χ0n) is 17.5. The maximum Gasteiger partial charge on any atom is 0 e. The second-order valence-electron chi connectivity index (χ2n) is 6.64. The Kier molecular flexibility index (Phi) is 20.4. The first kappa shape index (κ1) is 30.0. The predicted molar refractivity (Wildman–Crippen MR) is 116 cm³/mol. The largest absolute Gasteiger partial charge is 0.0648 e. The summed E-state index contributed by atoms with van der Waals surface area (Å²) in [5.41, 5.74) is 0. The van der Waals surface area contributed by atoms with E-state index < -0.39 is 0 Å². The van der Waals surface area contributed by atoms with Crippen LogP contribution in [0.2, 0.25) is 0 Å². The first-order valence-electron chi connectivity index (χ1n) is 10.1. The summed E-state index contributed by atoms with van der Waals surface area (Å²) in [7, 11) is 0. The second-order valence-corrected chi connectivity index (χ2v) is 6.64. The Morgan fingerprint density at radius 2 is 0.690 bits per heavy atom. The molecule has 0 nitrogen and oxygen atoms in total. The van der Waals surface area contributed by atoms with Crippen LogP contribution in [0.1, 0.15) is 46.0 Å². The molecule has 0 amide bonds. The third kappa shape index (κ3) is 12.6. The van der Waals surface area contributed by atoms with Crippen molar-refractivity contribution in [1.29, 1.82) is 0 Å². The average Bonchev–Trinajstić information content (AvgIpc) is 3.52. The molecular formula is C27H32Fe2. The van der Waals surface area contributed by atoms with E-state index in [9.17, 15) is 0 Å². The van der Waals surface area contributed by atoms with E-state index in [0.29, 0.717) is 0 Å². The monoisotopic (exact) mass is 468 g/mol. The first-order valence-corrected chi connectivity index (χ1v) is 10.1. The van der Waals surface area contributed by atoms with Gasteiger partial charge in [0, 0.05) is 34.1 Å². The van der Waals surface area contributed by atoms with E-state index in [4.69, 9.17) is 0 Å². The molecule has 0 aliphatic heterocycles. The second kappa shape index (κ2) is 19.7. The fourth-order valence-electron chi connectivity index (χ4n) is 3.28. The predicted octanol–water partition coefficient (Wildman–Crippen LogP) is 6.57. The summed E-state index contributed by atoms with van der Waals surface area (Å²) >= 11 is 0. The van der Waals surface area contributed by atoms with Gasteiger partial charge in [-0.3, -0.25) is 0 Å². The fourth-order valence-corrected chi connectivity index (χ4v) is 3.28. The van der Waals surface area contributed by atoms with Crippen LogP contribution in [0.5, 0.6) is 0 Å². The number of rotatable bonds is 6. The van der Waals surface area contributed by atoms with E-state index in [1.165, 1.54) is 43.9 Å². The van der Waals surface area contributed by atoms with Crippen molar-refractivity contribution in [2.75, 3.05) is 0 Å². The zero-order valence-corrected chi connectivity index (χ0v) is 19.7. The van der Waals surface area contributed by atoms with Gasteiger partial charge in [-0.1, -0.05) is 20.3 Å². The van der Waals surface area contributed by atoms with Crippen molar-refractivity contribution in [2.45, 2.75) is 46.0 Å². The molecule has 0 aromatic rings. The number of hydrogen-bond acceptors (Lipinski definition) is 0. The molecule has 0 unspecified atom stereocenters. The van der Waals surface area contributed by atoms with E-state index in [2.05, 4.69) is 52.4 Å². The third-order valence-electron chi connectivity index (χ3n) is 4.78. The minimum atomic E-state index is 0. The molecule has 4 aliphatic carbocycles. The van der Waals surface area contributed by atoms with Gasteiger partial charge >= 0.3 is 0 Å². The van der Waals surface area contributed by atoms with Gasteiger partial charge in [0.1, 0.15) is 0 Å². The summed E-state index contributed by atoms with van der Waals surface area (Å²) in [6.07, 6.45) is 39.5. The summed E-state index contributed by atoms with van der Waals surface area (Å²) in [6, 6.07) is 0. The summed E-state index contributed by atoms with van der Waals surface area (Å²) in [4.78, 5) is 0. The third-order valence-corrected chi connectivity index (χ3v) is 4.78. The minimum Gasteiger partial charge on any atom is -0.0648 e. The summed E-state index contributed by atoms with van der Waals surface area (Å²) in [5.74, 6) is 6.17. The number of hydrogen-bond donors (Lipinski definition) is 0. The van der Waals surface area contributed by atoms with Gasteiger partial charge in [-0.05, 0) is 152 Å². The van der Waals surface area contributed by atoms with E-state index in [0.717, 1.165) is 0 Å². The molecule has 0 spiro atoms. The summed E-state index contributed by atoms with van der Waals surface area (Å²) < 4.78 is 0. The van der Waals surface area contributed by atoms with E-state index >= 15 is 0 Å². The molecule has 0 aromatic heterocycles. The molecule has 156 valence electrons. The molecule has 2 heteroatoms. The maximum absolute atomic E-state index is 2.28. The fraction of sp³-hybridized carbons (Fsp3) is 0.259. The molecule has 20 radical (unpaired) electrons. The quantitative estimate of drug-likeness (QED) is 0.387. The Bertz CT molecular complexity index is 288. The Morgan fingerprint density at radius 3 is 0.966 bits per heavy atom. The van der Waals surface area contributed by atoms with Crippen LogP contribution in [0.15, 0.2) is 0 Å². The van der Waals surface area contributed by atoms with Gasteiger partial charge in [0.25, 0.3) is 0 Å². The van der Waals surface area contributed by atoms with Gasteiger partial charge in [0.05, 0.1) is 0 Å². The zero-order chi connectivity index (χ0) is 19.2. The van der Waals surface area contributed by atoms with Crippen LogP contribution in [-0.4, -0.2) is 0 Å². The molecule has 0 bridgehead atoms. The van der Waals surface area contributed by atoms with Crippen molar-refractivity contribution in [3.8, 4) is 0 Å². The molecule has 29 heavy (non-hydrogen) atoms. The van der Waals surface area contributed by atoms with E-state index in [1.807, 2.05) is 64.2 Å². The molecule has 0 atom stereocenters. The molecule has 4 aliphatic rings. The van der Waals surface area contributed by atoms with Gasteiger partial charge in [-0.2, -0.15) is 0 Å². The molecule has 4 rings (SSSR count). The van der Waals surface area contributed by atoms with E-state index in [-0.39, 0.29) is 34.1 Å². The van der Waals surface area contributed by atoms with Crippen molar-refractivity contribution >= 4 is 0 Å². The van der Waals surface area contributed by atoms with Crippen molar-refractivity contribution in [3.05, 3.63) is 126 Å². The van der Waals surface area contributed by atoms with Crippen molar-refractivity contribution in [1.82, 2.24) is 0 Å². The van der Waals surface area contributed by atoms with Gasteiger partial charge < -0.3 is 0 Å². The molecule has 0 heterocycles. The first-order chi connectivity index (χ1) is 13.3. The molecule has 4 saturated carbocycles. The van der Waals surface area contributed by atoms with Gasteiger partial charge in [-0.15, -0.1) is 0 Å². The van der Waals surface area contributed by atoms with Crippen molar-refractivity contribution in [3.63, 3.8) is 0 Å². The SMILES string of the molecule is CC[C]1[CH][CH][CH][C]1CCC[C]1[CH][CH][CH][C]1CC.[CH]1[CH][CH][CH][CH]1.[CH]1[CH][CH][CH][CH]1.[Fe].[Fe]. The van der Waals surface area contributed by atoms with Gasteiger partial charge in [0.15, 0.2) is 0 Å². The molecule has 4 fully saturated rings. The Hall–Kier alpha value is 1.04. The van der Waals surface area contributed by atoms with Crippen LogP contribution in [-0.2, 0) is 34.1 Å². The minimum absolute atomic E-state index is 0. The smallest absolute Gasteiger partial charge is 0 e. The van der Waals surface area contributed by atoms with Crippen LogP contribution >= 0.6 is 0 Å². The Morgan fingerprint density at radius 1 is 0.414 bits per heavy atom. The van der Waals surface area contributed by atoms with Gasteiger partial charge in [-0.25, -0.2) is 0 Å². The average molecular weight is 468 g/mol. The van der Waals surface area contributed by atoms with Gasteiger partial charge in [0.2, 0.25) is 0 Å². The van der Waals surface area contributed by atoms with Crippen molar-refractivity contribution < 1.29 is 34.1 Å². The van der Waals surface area contributed by atoms with Crippen molar-refractivity contribution in [2.24, 2.45) is 0 Å². The Balaban J connectivity index is 0.000000537. The summed E-state index contributed by atoms with van der Waals surface area (Å²) in [5, 5.41) is 0. The van der Waals surface area contributed by atoms with Crippen LogP contribution in [0.4, 0.5) is 0 Å². The van der Waals surface area contributed by atoms with Crippen LogP contribution in [0, 0.1) is 126 Å². The molecular weight excluding hydrogens is 436 g/mol. The normalized spacial score (nSPS) is 23.0. The topological polar surface area (TPSA) is 0 Å². The van der Waals surface area contributed by atoms with E-state index in [1.54, 1.807) is 11.8 Å². The summed E-state index contributed by atoms with van der Waals surface area (Å²) in [6.45, 7) is 4.48. The van der Waals surface area contributed by atoms with Crippen LogP contribution < -0.4 is 0 Å².